The third kappa shape index (κ3) is 3.61. The number of nitrogens with zero attached hydrogens (tertiary/aromatic N) is 7. The van der Waals surface area contributed by atoms with E-state index in [0.29, 0.717) is 5.92 Å². The van der Waals surface area contributed by atoms with E-state index in [1.807, 2.05) is 42.0 Å². The molecule has 5 rings (SSSR count). The van der Waals surface area contributed by atoms with Gasteiger partial charge >= 0.3 is 0 Å². The second-order valence-electron chi connectivity index (χ2n) is 8.17. The first-order valence-corrected chi connectivity index (χ1v) is 11.2. The van der Waals surface area contributed by atoms with E-state index in [1.54, 1.807) is 0 Å². The molecule has 9 nitrogen and oxygen atoms in total. The van der Waals surface area contributed by atoms with Gasteiger partial charge in [0.15, 0.2) is 5.65 Å². The van der Waals surface area contributed by atoms with E-state index < -0.39 is 0 Å². The molecule has 0 aromatic carbocycles. The largest absolute Gasteiger partial charge is 0.356 e. The van der Waals surface area contributed by atoms with Gasteiger partial charge in [-0.1, -0.05) is 0 Å². The number of hydrogen-bond acceptors (Lipinski definition) is 9. The molecule has 2 aliphatic heterocycles. The van der Waals surface area contributed by atoms with Crippen LogP contribution in [0.5, 0.6) is 0 Å². The quantitative estimate of drug-likeness (QED) is 0.647. The zero-order valence-corrected chi connectivity index (χ0v) is 18.1. The molecule has 3 aromatic heterocycles. The van der Waals surface area contributed by atoms with Gasteiger partial charge in [-0.05, 0) is 49.8 Å². The molecule has 0 spiro atoms. The maximum Gasteiger partial charge on any atom is 0.163 e. The Hall–Kier alpha value is -2.72. The molecule has 1 saturated heterocycles. The maximum atomic E-state index is 5.88. The molecule has 158 valence electrons. The topological polar surface area (TPSA) is 100.0 Å². The summed E-state index contributed by atoms with van der Waals surface area (Å²) in [5.41, 5.74) is 8.87. The second kappa shape index (κ2) is 7.84. The van der Waals surface area contributed by atoms with Crippen LogP contribution in [0.4, 0.5) is 16.6 Å². The molecule has 3 aromatic rings. The molecule has 0 bridgehead atoms. The van der Waals surface area contributed by atoms with Crippen molar-refractivity contribution in [2.75, 3.05) is 43.4 Å². The number of aromatic nitrogens is 4. The van der Waals surface area contributed by atoms with E-state index >= 15 is 0 Å². The normalized spacial score (nSPS) is 19.9. The minimum Gasteiger partial charge on any atom is -0.356 e. The summed E-state index contributed by atoms with van der Waals surface area (Å²) in [6, 6.07) is 4.14. The van der Waals surface area contributed by atoms with Crippen molar-refractivity contribution >= 4 is 40.0 Å². The van der Waals surface area contributed by atoms with Crippen LogP contribution >= 0.6 is 11.5 Å². The molecule has 1 unspecified atom stereocenters. The highest BCUT2D eigenvalue weighted by atomic mass is 32.1. The van der Waals surface area contributed by atoms with Gasteiger partial charge in [-0.25, -0.2) is 4.98 Å². The van der Waals surface area contributed by atoms with Gasteiger partial charge in [-0.15, -0.1) is 0 Å². The number of fused-ring (bicyclic) bond motifs is 1. The lowest BCUT2D eigenvalue weighted by Gasteiger charge is -2.32. The van der Waals surface area contributed by atoms with E-state index in [2.05, 4.69) is 30.9 Å². The Balaban J connectivity index is 1.55. The number of likely N-dealkylation sites (N-methyl/N-ethyl adjacent to an activating group) is 1. The number of piperidine rings is 1. The fourth-order valence-corrected chi connectivity index (χ4v) is 4.85. The summed E-state index contributed by atoms with van der Waals surface area (Å²) < 4.78 is 6.28. The van der Waals surface area contributed by atoms with Crippen LogP contribution in [-0.4, -0.2) is 63.4 Å². The van der Waals surface area contributed by atoms with Crippen LogP contribution in [0.2, 0.25) is 0 Å². The number of nitrogens with one attached hydrogen (secondary N) is 1. The van der Waals surface area contributed by atoms with Crippen LogP contribution in [0.3, 0.4) is 0 Å². The maximum absolute atomic E-state index is 5.88. The monoisotopic (exact) mass is 425 g/mol. The minimum absolute atomic E-state index is 0.191. The van der Waals surface area contributed by atoms with Gasteiger partial charge in [0.1, 0.15) is 16.6 Å². The average molecular weight is 426 g/mol. The van der Waals surface area contributed by atoms with Gasteiger partial charge in [-0.2, -0.15) is 19.1 Å². The van der Waals surface area contributed by atoms with Crippen molar-refractivity contribution in [1.82, 2.24) is 24.0 Å². The fourth-order valence-electron chi connectivity index (χ4n) is 4.18. The summed E-state index contributed by atoms with van der Waals surface area (Å²) in [6.07, 6.45) is 6.11. The molecule has 1 fully saturated rings. The minimum atomic E-state index is 0.191. The zero-order valence-electron chi connectivity index (χ0n) is 17.3. The van der Waals surface area contributed by atoms with Crippen molar-refractivity contribution < 1.29 is 0 Å². The van der Waals surface area contributed by atoms with Crippen molar-refractivity contribution in [1.29, 1.82) is 0 Å². The highest BCUT2D eigenvalue weighted by Gasteiger charge is 2.25. The van der Waals surface area contributed by atoms with Crippen molar-refractivity contribution in [3.63, 3.8) is 0 Å². The summed E-state index contributed by atoms with van der Waals surface area (Å²) in [6.45, 7) is 5.55. The van der Waals surface area contributed by atoms with Gasteiger partial charge in [0.2, 0.25) is 0 Å². The highest BCUT2D eigenvalue weighted by Crippen LogP contribution is 2.31. The molecule has 5 heterocycles. The molecule has 0 radical (unpaired) electrons. The lowest BCUT2D eigenvalue weighted by Crippen LogP contribution is -2.36. The number of nitrogens with two attached hydrogens (primary N) is 1. The predicted molar refractivity (Wildman–Crippen MR) is 121 cm³/mol. The first kappa shape index (κ1) is 19.3. The van der Waals surface area contributed by atoms with Crippen molar-refractivity contribution in [3.8, 4) is 0 Å². The first-order chi connectivity index (χ1) is 14.6. The van der Waals surface area contributed by atoms with Gasteiger partial charge in [-0.3, -0.25) is 5.01 Å². The molecule has 10 heteroatoms. The molecule has 2 aliphatic rings. The highest BCUT2D eigenvalue weighted by molar-refractivity contribution is 7.10. The molecule has 0 aliphatic carbocycles. The Morgan fingerprint density at radius 2 is 2.10 bits per heavy atom. The Bertz CT molecular complexity index is 1060. The van der Waals surface area contributed by atoms with E-state index in [0.717, 1.165) is 72.6 Å². The smallest absolute Gasteiger partial charge is 0.163 e. The molecule has 0 saturated carbocycles. The predicted octanol–water partition coefficient (Wildman–Crippen LogP) is 2.43. The van der Waals surface area contributed by atoms with Crippen LogP contribution in [0.15, 0.2) is 23.4 Å². The summed E-state index contributed by atoms with van der Waals surface area (Å²) in [7, 11) is 1.99. The number of rotatable bonds is 5. The lowest BCUT2D eigenvalue weighted by atomic mass is 9.97. The Labute approximate surface area is 179 Å². The summed E-state index contributed by atoms with van der Waals surface area (Å²) in [5, 5.41) is 15.5. The van der Waals surface area contributed by atoms with Crippen molar-refractivity contribution in [3.05, 3.63) is 29.6 Å². The van der Waals surface area contributed by atoms with Crippen LogP contribution in [-0.2, 0) is 0 Å². The summed E-state index contributed by atoms with van der Waals surface area (Å²) in [4.78, 5) is 7.41. The van der Waals surface area contributed by atoms with Crippen molar-refractivity contribution in [2.45, 2.75) is 25.7 Å². The standard InChI is InChI=1S/C20H27N9S/c1-13-7-19(30-26-13)24-18-8-17(28-5-3-14(9-21)4-6-28)25-20-16(11-23-29(18)20)15-10-22-27(2)12-15/h7-8,10-11,14-15,24H,3-6,9,12,21H2,1-2H3. The van der Waals surface area contributed by atoms with E-state index in [4.69, 9.17) is 10.7 Å². The van der Waals surface area contributed by atoms with Crippen LogP contribution in [0.1, 0.15) is 30.0 Å². The number of anilines is 3. The average Bonchev–Trinajstić information content (AvgIpc) is 3.48. The molecule has 1 atom stereocenters. The molecular formula is C20H27N9S. The third-order valence-electron chi connectivity index (χ3n) is 5.94. The third-order valence-corrected chi connectivity index (χ3v) is 6.74. The van der Waals surface area contributed by atoms with E-state index in [1.165, 1.54) is 11.5 Å². The van der Waals surface area contributed by atoms with E-state index in [9.17, 15) is 0 Å². The first-order valence-electron chi connectivity index (χ1n) is 10.4. The Morgan fingerprint density at radius 3 is 2.77 bits per heavy atom. The van der Waals surface area contributed by atoms with Crippen LogP contribution < -0.4 is 16.0 Å². The number of aryl methyl sites for hydroxylation is 1. The number of hydrazone groups is 1. The number of hydrogen-bond donors (Lipinski definition) is 2. The molecule has 0 amide bonds. The second-order valence-corrected chi connectivity index (χ2v) is 8.97. The summed E-state index contributed by atoms with van der Waals surface area (Å²) >= 11 is 1.45. The van der Waals surface area contributed by atoms with Crippen molar-refractivity contribution in [2.24, 2.45) is 16.8 Å². The van der Waals surface area contributed by atoms with E-state index in [-0.39, 0.29) is 5.92 Å². The SMILES string of the molecule is Cc1cc(Nc2cc(N3CCC(CN)CC3)nc3c(C4C=NN(C)C4)cnn23)sn1. The Morgan fingerprint density at radius 1 is 1.27 bits per heavy atom. The van der Waals surface area contributed by atoms with Gasteiger partial charge in [0, 0.05) is 50.4 Å². The molecule has 30 heavy (non-hydrogen) atoms. The fraction of sp³-hybridized carbons (Fsp3) is 0.500. The van der Waals surface area contributed by atoms with Crippen LogP contribution in [0.25, 0.3) is 5.65 Å². The summed E-state index contributed by atoms with van der Waals surface area (Å²) in [5.74, 6) is 2.68. The lowest BCUT2D eigenvalue weighted by molar-refractivity contribution is 0.381. The zero-order chi connectivity index (χ0) is 20.7. The van der Waals surface area contributed by atoms with Crippen LogP contribution in [0, 0.1) is 12.8 Å². The van der Waals surface area contributed by atoms with Gasteiger partial charge in [0.25, 0.3) is 0 Å². The molecular weight excluding hydrogens is 398 g/mol. The Kier molecular flexibility index (Phi) is 5.03. The molecule has 3 N–H and O–H groups in total. The van der Waals surface area contributed by atoms with Gasteiger partial charge < -0.3 is 16.0 Å². The van der Waals surface area contributed by atoms with Gasteiger partial charge in [0.05, 0.1) is 11.9 Å².